The molecule has 1 N–H and O–H groups in total. The van der Waals surface area contributed by atoms with E-state index in [1.54, 1.807) is 6.07 Å². The minimum Gasteiger partial charge on any atom is -0.381 e. The molecule has 5 aliphatic heterocycles. The van der Waals surface area contributed by atoms with Gasteiger partial charge in [0.1, 0.15) is 0 Å². The van der Waals surface area contributed by atoms with Crippen LogP contribution < -0.4 is 15.1 Å². The van der Waals surface area contributed by atoms with Crippen molar-refractivity contribution < 1.29 is 22.7 Å². The molecule has 1 aromatic rings. The normalized spacial score (nSPS) is 24.8. The molecular weight excluding hydrogens is 493 g/mol. The maximum Gasteiger partial charge on any atom is 0.418 e. The van der Waals surface area contributed by atoms with Gasteiger partial charge >= 0.3 is 6.18 Å². The van der Waals surface area contributed by atoms with Gasteiger partial charge < -0.3 is 24.8 Å². The summed E-state index contributed by atoms with van der Waals surface area (Å²) >= 11 is 0. The number of rotatable bonds is 4. The lowest BCUT2D eigenvalue weighted by molar-refractivity contribution is -0.137. The molecule has 6 nitrogen and oxygen atoms in total. The third kappa shape index (κ3) is 6.31. The number of nitrogens with one attached hydrogen (secondary N) is 1. The molecule has 0 radical (unpaired) electrons. The van der Waals surface area contributed by atoms with Gasteiger partial charge in [-0.15, -0.1) is 0 Å². The van der Waals surface area contributed by atoms with Gasteiger partial charge in [0.15, 0.2) is 0 Å². The van der Waals surface area contributed by atoms with Gasteiger partial charge in [0.25, 0.3) is 0 Å². The van der Waals surface area contributed by atoms with Crippen molar-refractivity contribution in [2.75, 3.05) is 75.4 Å². The van der Waals surface area contributed by atoms with Gasteiger partial charge in [0, 0.05) is 45.1 Å². The summed E-state index contributed by atoms with van der Waals surface area (Å²) in [7, 11) is 0. The number of hydrogen-bond donors (Lipinski definition) is 1. The number of alkyl halides is 3. The van der Waals surface area contributed by atoms with Gasteiger partial charge in [-0.2, -0.15) is 13.2 Å². The maximum absolute atomic E-state index is 14.0. The highest BCUT2D eigenvalue weighted by Crippen LogP contribution is 2.47. The van der Waals surface area contributed by atoms with Crippen molar-refractivity contribution in [2.45, 2.75) is 64.0 Å². The minimum atomic E-state index is -4.49. The Hall–Kier alpha value is -1.84. The van der Waals surface area contributed by atoms with E-state index in [4.69, 9.17) is 4.74 Å². The van der Waals surface area contributed by atoms with E-state index in [-0.39, 0.29) is 11.6 Å². The summed E-state index contributed by atoms with van der Waals surface area (Å²) < 4.78 is 47.5. The zero-order chi connectivity index (χ0) is 26.6. The molecule has 5 aliphatic rings. The van der Waals surface area contributed by atoms with Crippen LogP contribution in [0, 0.1) is 11.3 Å². The molecule has 0 unspecified atom stereocenters. The Morgan fingerprint density at radius 2 is 1.58 bits per heavy atom. The predicted octanol–water partition coefficient (Wildman–Crippen LogP) is 4.92. The number of benzene rings is 1. The average Bonchev–Trinajstić information content (AvgIpc) is 3.71. The molecule has 0 saturated carbocycles. The number of ether oxygens (including phenoxy) is 1. The predicted molar refractivity (Wildman–Crippen MR) is 144 cm³/mol. The molecule has 0 aliphatic carbocycles. The zero-order valence-electron chi connectivity index (χ0n) is 22.5. The lowest BCUT2D eigenvalue weighted by Crippen LogP contribution is -2.46. The second kappa shape index (κ2) is 12.1. The molecule has 1 aromatic carbocycles. The van der Waals surface area contributed by atoms with E-state index >= 15 is 0 Å². The van der Waals surface area contributed by atoms with Crippen LogP contribution in [0.15, 0.2) is 18.2 Å². The molecule has 212 valence electrons. The quantitative estimate of drug-likeness (QED) is 0.592. The van der Waals surface area contributed by atoms with Crippen LogP contribution in [0.5, 0.6) is 0 Å². The monoisotopic (exact) mass is 536 g/mol. The molecule has 1 amide bonds. The number of halogens is 3. The van der Waals surface area contributed by atoms with Crippen LogP contribution >= 0.6 is 0 Å². The summed E-state index contributed by atoms with van der Waals surface area (Å²) in [6.07, 6.45) is 4.57. The molecule has 0 bridgehead atoms. The summed E-state index contributed by atoms with van der Waals surface area (Å²) in [5.41, 5.74) is -0.569. The fourth-order valence-corrected chi connectivity index (χ4v) is 6.76. The smallest absolute Gasteiger partial charge is 0.381 e. The van der Waals surface area contributed by atoms with Gasteiger partial charge in [-0.1, -0.05) is 0 Å². The highest BCUT2D eigenvalue weighted by molar-refractivity contribution is 6.00. The molecule has 5 fully saturated rings. The Labute approximate surface area is 224 Å². The summed E-state index contributed by atoms with van der Waals surface area (Å²) in [6.45, 7) is 8.81. The third-order valence-corrected chi connectivity index (χ3v) is 9.19. The van der Waals surface area contributed by atoms with Gasteiger partial charge in [-0.3, -0.25) is 4.79 Å². The number of piperidine rings is 1. The molecule has 5 saturated heterocycles. The molecule has 1 spiro atoms. The summed E-state index contributed by atoms with van der Waals surface area (Å²) in [5.74, 6) is 0.527. The van der Waals surface area contributed by atoms with Crippen LogP contribution in [0.4, 0.5) is 24.5 Å². The van der Waals surface area contributed by atoms with E-state index in [1.807, 2.05) is 4.90 Å². The van der Waals surface area contributed by atoms with E-state index in [0.29, 0.717) is 24.6 Å². The SMILES string of the molecule is C1CCNC1.O=C1N(c2ccc(N3CCCC3)cc2C(F)(F)F)CCC12CCN(CC1CCOCC1)CC2. The molecular formula is C29H43F3N4O2. The van der Waals surface area contributed by atoms with Crippen LogP contribution in [0.1, 0.15) is 63.4 Å². The molecule has 0 atom stereocenters. The van der Waals surface area contributed by atoms with Crippen molar-refractivity contribution in [3.8, 4) is 0 Å². The maximum atomic E-state index is 14.0. The largest absolute Gasteiger partial charge is 0.418 e. The van der Waals surface area contributed by atoms with Crippen molar-refractivity contribution in [3.05, 3.63) is 23.8 Å². The summed E-state index contributed by atoms with van der Waals surface area (Å²) in [4.78, 5) is 19.4. The van der Waals surface area contributed by atoms with Crippen molar-refractivity contribution in [2.24, 2.45) is 11.3 Å². The Kier molecular flexibility index (Phi) is 8.85. The van der Waals surface area contributed by atoms with Crippen molar-refractivity contribution >= 4 is 17.3 Å². The highest BCUT2D eigenvalue weighted by atomic mass is 19.4. The van der Waals surface area contributed by atoms with Crippen LogP contribution in [-0.2, 0) is 15.7 Å². The fourth-order valence-electron chi connectivity index (χ4n) is 6.76. The van der Waals surface area contributed by atoms with Crippen LogP contribution in [0.3, 0.4) is 0 Å². The standard InChI is InChI=1S/C25H34F3N3O2.C4H9N/c26-25(27,28)21-17-20(30-10-1-2-11-30)3-4-22(21)31-14-9-24(23(31)32)7-12-29(13-8-24)18-19-5-15-33-16-6-19;1-2-4-5-3-1/h3-4,17,19H,1-2,5-16,18H2;5H,1-4H2. The first kappa shape index (κ1) is 27.7. The first-order valence-electron chi connectivity index (χ1n) is 14.6. The zero-order valence-corrected chi connectivity index (χ0v) is 22.5. The van der Waals surface area contributed by atoms with Crippen LogP contribution in [0.25, 0.3) is 0 Å². The topological polar surface area (TPSA) is 48.1 Å². The van der Waals surface area contributed by atoms with Crippen molar-refractivity contribution in [1.29, 1.82) is 0 Å². The van der Waals surface area contributed by atoms with E-state index in [0.717, 1.165) is 84.5 Å². The Bertz CT molecular complexity index is 925. The number of anilines is 2. The second-order valence-electron chi connectivity index (χ2n) is 11.7. The van der Waals surface area contributed by atoms with E-state index < -0.39 is 17.2 Å². The van der Waals surface area contributed by atoms with E-state index in [1.165, 1.54) is 43.0 Å². The van der Waals surface area contributed by atoms with Crippen molar-refractivity contribution in [3.63, 3.8) is 0 Å². The summed E-state index contributed by atoms with van der Waals surface area (Å²) in [5, 5.41) is 3.22. The average molecular weight is 537 g/mol. The number of hydrogen-bond acceptors (Lipinski definition) is 5. The van der Waals surface area contributed by atoms with Crippen molar-refractivity contribution in [1.82, 2.24) is 10.2 Å². The Morgan fingerprint density at radius 3 is 2.18 bits per heavy atom. The molecule has 9 heteroatoms. The van der Waals surface area contributed by atoms with Gasteiger partial charge in [0.2, 0.25) is 5.91 Å². The highest BCUT2D eigenvalue weighted by Gasteiger charge is 2.50. The lowest BCUT2D eigenvalue weighted by atomic mass is 9.77. The molecule has 0 aromatic heterocycles. The number of carbonyl (C=O) groups is 1. The van der Waals surface area contributed by atoms with Crippen LogP contribution in [-0.4, -0.2) is 76.4 Å². The number of amides is 1. The molecule has 38 heavy (non-hydrogen) atoms. The van der Waals surface area contributed by atoms with Gasteiger partial charge in [-0.05, 0) is 108 Å². The number of carbonyl (C=O) groups excluding carboxylic acids is 1. The minimum absolute atomic E-state index is 0.0250. The molecule has 5 heterocycles. The first-order valence-corrected chi connectivity index (χ1v) is 14.6. The van der Waals surface area contributed by atoms with Gasteiger partial charge in [-0.25, -0.2) is 0 Å². The Balaban J connectivity index is 0.000000529. The second-order valence-corrected chi connectivity index (χ2v) is 11.7. The van der Waals surface area contributed by atoms with E-state index in [9.17, 15) is 18.0 Å². The van der Waals surface area contributed by atoms with Gasteiger partial charge in [0.05, 0.1) is 16.7 Å². The lowest BCUT2D eigenvalue weighted by Gasteiger charge is -2.39. The molecule has 6 rings (SSSR count). The Morgan fingerprint density at radius 1 is 0.921 bits per heavy atom. The number of likely N-dealkylation sites (tertiary alicyclic amines) is 1. The fraction of sp³-hybridized carbons (Fsp3) is 0.759. The summed E-state index contributed by atoms with van der Waals surface area (Å²) in [6, 6.07) is 4.52. The van der Waals surface area contributed by atoms with E-state index in [2.05, 4.69) is 10.2 Å². The third-order valence-electron chi connectivity index (χ3n) is 9.19. The first-order chi connectivity index (χ1) is 18.4. The van der Waals surface area contributed by atoms with Crippen LogP contribution in [0.2, 0.25) is 0 Å². The number of nitrogens with zero attached hydrogens (tertiary/aromatic N) is 3.